The lowest BCUT2D eigenvalue weighted by atomic mass is 9.98. The maximum absolute atomic E-state index is 11.9. The van der Waals surface area contributed by atoms with Crippen molar-refractivity contribution in [1.29, 1.82) is 0 Å². The lowest BCUT2D eigenvalue weighted by molar-refractivity contribution is 0.161. The van der Waals surface area contributed by atoms with Gasteiger partial charge >= 0.3 is 0 Å². The lowest BCUT2D eigenvalue weighted by Crippen LogP contribution is -2.25. The Labute approximate surface area is 140 Å². The molecule has 136 valence electrons. The fraction of sp³-hybridized carbons (Fsp3) is 1.00. The third kappa shape index (κ3) is 7.49. The highest BCUT2D eigenvalue weighted by Gasteiger charge is 2.24. The van der Waals surface area contributed by atoms with Crippen molar-refractivity contribution < 1.29 is 25.2 Å². The molecule has 0 heterocycles. The van der Waals surface area contributed by atoms with Crippen molar-refractivity contribution in [2.24, 2.45) is 0 Å². The fourth-order valence-corrected chi connectivity index (χ4v) is 5.83. The summed E-state index contributed by atoms with van der Waals surface area (Å²) in [7, 11) is -7.31. The summed E-state index contributed by atoms with van der Waals surface area (Å²) >= 11 is 0. The minimum atomic E-state index is -3.66. The van der Waals surface area contributed by atoms with Crippen molar-refractivity contribution in [2.45, 2.75) is 82.8 Å². The van der Waals surface area contributed by atoms with E-state index >= 15 is 0 Å². The van der Waals surface area contributed by atoms with Crippen molar-refractivity contribution in [3.8, 4) is 0 Å². The highest BCUT2D eigenvalue weighted by Crippen LogP contribution is 2.23. The fourth-order valence-electron chi connectivity index (χ4n) is 3.25. The van der Waals surface area contributed by atoms with Gasteiger partial charge in [-0.3, -0.25) is 8.37 Å². The van der Waals surface area contributed by atoms with Crippen molar-refractivity contribution in [3.05, 3.63) is 0 Å². The Kier molecular flexibility index (Phi) is 7.31. The molecule has 0 saturated heterocycles. The monoisotopic (exact) mass is 368 g/mol. The minimum Gasteiger partial charge on any atom is -0.267 e. The van der Waals surface area contributed by atoms with Crippen LogP contribution in [-0.2, 0) is 28.6 Å². The molecule has 0 unspecified atom stereocenters. The quantitative estimate of drug-likeness (QED) is 0.612. The normalized spacial score (nSPS) is 22.3. The van der Waals surface area contributed by atoms with Gasteiger partial charge in [0, 0.05) is 0 Å². The van der Waals surface area contributed by atoms with E-state index in [0.717, 1.165) is 64.2 Å². The number of hydrogen-bond acceptors (Lipinski definition) is 6. The van der Waals surface area contributed by atoms with Gasteiger partial charge in [0.25, 0.3) is 20.2 Å². The first kappa shape index (κ1) is 19.1. The first-order valence-corrected chi connectivity index (χ1v) is 11.8. The van der Waals surface area contributed by atoms with Crippen molar-refractivity contribution >= 4 is 20.2 Å². The van der Waals surface area contributed by atoms with Gasteiger partial charge in [-0.2, -0.15) is 16.8 Å². The molecule has 23 heavy (non-hydrogen) atoms. The van der Waals surface area contributed by atoms with E-state index < -0.39 is 20.2 Å². The Balaban J connectivity index is 1.71. The van der Waals surface area contributed by atoms with Crippen LogP contribution in [0.15, 0.2) is 0 Å². The average Bonchev–Trinajstić information content (AvgIpc) is 2.47. The molecule has 0 amide bonds. The van der Waals surface area contributed by atoms with Crippen molar-refractivity contribution in [1.82, 2.24) is 0 Å². The van der Waals surface area contributed by atoms with Crippen LogP contribution in [0.3, 0.4) is 0 Å². The molecule has 2 fully saturated rings. The van der Waals surface area contributed by atoms with E-state index in [1.165, 1.54) is 0 Å². The van der Waals surface area contributed by atoms with Crippen LogP contribution in [0, 0.1) is 0 Å². The van der Waals surface area contributed by atoms with Gasteiger partial charge in [-0.15, -0.1) is 0 Å². The second kappa shape index (κ2) is 8.78. The molecular formula is C15H28O6S2. The Hall–Kier alpha value is -0.180. The Morgan fingerprint density at radius 2 is 0.957 bits per heavy atom. The summed E-state index contributed by atoms with van der Waals surface area (Å²) in [6, 6.07) is 0. The second-order valence-corrected chi connectivity index (χ2v) is 10.0. The van der Waals surface area contributed by atoms with E-state index in [1.54, 1.807) is 0 Å². The van der Waals surface area contributed by atoms with Crippen LogP contribution < -0.4 is 0 Å². The van der Waals surface area contributed by atoms with E-state index in [0.29, 0.717) is 0 Å². The lowest BCUT2D eigenvalue weighted by Gasteiger charge is -2.22. The van der Waals surface area contributed by atoms with Crippen LogP contribution in [0.2, 0.25) is 0 Å². The summed E-state index contributed by atoms with van der Waals surface area (Å²) in [5, 5.41) is 0. The van der Waals surface area contributed by atoms with E-state index in [1.807, 2.05) is 0 Å². The zero-order valence-corrected chi connectivity index (χ0v) is 15.2. The Morgan fingerprint density at radius 1 is 0.609 bits per heavy atom. The molecule has 0 aromatic rings. The maximum atomic E-state index is 11.9. The van der Waals surface area contributed by atoms with Gasteiger partial charge < -0.3 is 0 Å². The van der Waals surface area contributed by atoms with Crippen LogP contribution in [0.4, 0.5) is 0 Å². The van der Waals surface area contributed by atoms with E-state index in [-0.39, 0.29) is 30.1 Å². The standard InChI is InChI=1S/C15H28O6S2/c16-22(17,20-14-8-3-1-4-9-14)12-7-13-23(18,19)21-15-10-5-2-6-11-15/h14-15H,1-13H2. The van der Waals surface area contributed by atoms with Crippen molar-refractivity contribution in [3.63, 3.8) is 0 Å². The van der Waals surface area contributed by atoms with Crippen LogP contribution in [0.1, 0.15) is 70.6 Å². The first-order chi connectivity index (χ1) is 10.9. The van der Waals surface area contributed by atoms with Gasteiger partial charge in [-0.1, -0.05) is 38.5 Å². The molecule has 2 saturated carbocycles. The molecule has 8 heteroatoms. The minimum absolute atomic E-state index is 0.0180. The van der Waals surface area contributed by atoms with Gasteiger partial charge in [0.15, 0.2) is 0 Å². The predicted octanol–water partition coefficient (Wildman–Crippen LogP) is 2.73. The molecule has 2 aliphatic carbocycles. The summed E-state index contributed by atoms with van der Waals surface area (Å²) < 4.78 is 58.0. The molecule has 0 aromatic carbocycles. The largest absolute Gasteiger partial charge is 0.267 e. The third-order valence-corrected chi connectivity index (χ3v) is 7.17. The zero-order valence-electron chi connectivity index (χ0n) is 13.6. The van der Waals surface area contributed by atoms with Crippen molar-refractivity contribution in [2.75, 3.05) is 11.5 Å². The summed E-state index contributed by atoms with van der Waals surface area (Å²) in [5.74, 6) is -0.534. The number of hydrogen-bond donors (Lipinski definition) is 0. The molecule has 0 bridgehead atoms. The zero-order chi connectivity index (χ0) is 16.8. The first-order valence-electron chi connectivity index (χ1n) is 8.68. The highest BCUT2D eigenvalue weighted by molar-refractivity contribution is 7.87. The molecule has 0 radical (unpaired) electrons. The SMILES string of the molecule is O=S(=O)(CCCS(=O)(=O)OC1CCCCC1)OC1CCCCC1. The van der Waals surface area contributed by atoms with Gasteiger partial charge in [0.05, 0.1) is 23.7 Å². The van der Waals surface area contributed by atoms with E-state index in [4.69, 9.17) is 8.37 Å². The Morgan fingerprint density at radius 3 is 1.30 bits per heavy atom. The smallest absolute Gasteiger partial charge is 0.267 e. The molecule has 0 aliphatic heterocycles. The average molecular weight is 369 g/mol. The van der Waals surface area contributed by atoms with Crippen LogP contribution in [0.5, 0.6) is 0 Å². The van der Waals surface area contributed by atoms with Gasteiger partial charge in [0.2, 0.25) is 0 Å². The van der Waals surface area contributed by atoms with E-state index in [2.05, 4.69) is 0 Å². The molecule has 0 atom stereocenters. The molecule has 0 spiro atoms. The third-order valence-electron chi connectivity index (χ3n) is 4.46. The molecule has 0 N–H and O–H groups in total. The van der Waals surface area contributed by atoms with Crippen LogP contribution in [0.25, 0.3) is 0 Å². The molecule has 2 aliphatic rings. The molecule has 0 aromatic heterocycles. The summed E-state index contributed by atoms with van der Waals surface area (Å²) in [5.41, 5.74) is 0. The van der Waals surface area contributed by atoms with E-state index in [9.17, 15) is 16.8 Å². The molecular weight excluding hydrogens is 340 g/mol. The maximum Gasteiger partial charge on any atom is 0.267 e. The van der Waals surface area contributed by atoms with Gasteiger partial charge in [-0.25, -0.2) is 0 Å². The second-order valence-electron chi connectivity index (χ2n) is 6.59. The summed E-state index contributed by atoms with van der Waals surface area (Å²) in [6.07, 6.45) is 8.82. The summed E-state index contributed by atoms with van der Waals surface area (Å²) in [6.45, 7) is 0. The van der Waals surface area contributed by atoms with Crippen LogP contribution in [-0.4, -0.2) is 40.5 Å². The highest BCUT2D eigenvalue weighted by atomic mass is 32.2. The van der Waals surface area contributed by atoms with Gasteiger partial charge in [-0.05, 0) is 32.1 Å². The Bertz CT molecular complexity index is 493. The predicted molar refractivity (Wildman–Crippen MR) is 88.1 cm³/mol. The molecule has 2 rings (SSSR count). The topological polar surface area (TPSA) is 86.7 Å². The van der Waals surface area contributed by atoms with Gasteiger partial charge in [0.1, 0.15) is 0 Å². The number of rotatable bonds is 8. The van der Waals surface area contributed by atoms with Crippen LogP contribution >= 0.6 is 0 Å². The molecule has 6 nitrogen and oxygen atoms in total. The summed E-state index contributed by atoms with van der Waals surface area (Å²) in [4.78, 5) is 0.